The van der Waals surface area contributed by atoms with Crippen LogP contribution >= 0.6 is 0 Å². The molecule has 1 amide bonds. The second-order valence-corrected chi connectivity index (χ2v) is 4.96. The van der Waals surface area contributed by atoms with E-state index in [2.05, 4.69) is 11.4 Å². The lowest BCUT2D eigenvalue weighted by Gasteiger charge is -2.15. The number of benzene rings is 1. The molecule has 1 atom stereocenters. The molecule has 4 nitrogen and oxygen atoms in total. The normalized spacial score (nSPS) is 11.9. The van der Waals surface area contributed by atoms with Gasteiger partial charge in [0.15, 0.2) is 0 Å². The SMILES string of the molecule is CC(C)C(C#N)NC(=O)c1ccc(-n2cccc2)cc1. The summed E-state index contributed by atoms with van der Waals surface area (Å²) in [5.41, 5.74) is 1.55. The zero-order valence-electron chi connectivity index (χ0n) is 11.6. The van der Waals surface area contributed by atoms with E-state index in [1.165, 1.54) is 0 Å². The molecule has 20 heavy (non-hydrogen) atoms. The van der Waals surface area contributed by atoms with Crippen LogP contribution in [-0.2, 0) is 0 Å². The zero-order chi connectivity index (χ0) is 14.5. The third-order valence-electron chi connectivity index (χ3n) is 3.12. The minimum absolute atomic E-state index is 0.0862. The van der Waals surface area contributed by atoms with Crippen molar-refractivity contribution in [3.8, 4) is 11.8 Å². The molecule has 1 unspecified atom stereocenters. The largest absolute Gasteiger partial charge is 0.336 e. The average molecular weight is 267 g/mol. The second kappa shape index (κ2) is 6.07. The first-order valence-electron chi connectivity index (χ1n) is 6.55. The maximum Gasteiger partial charge on any atom is 0.252 e. The van der Waals surface area contributed by atoms with Crippen molar-refractivity contribution in [3.05, 3.63) is 54.4 Å². The molecule has 0 fully saturated rings. The molecular formula is C16H17N3O. The van der Waals surface area contributed by atoms with Gasteiger partial charge in [-0.15, -0.1) is 0 Å². The quantitative estimate of drug-likeness (QED) is 0.926. The summed E-state index contributed by atoms with van der Waals surface area (Å²) >= 11 is 0. The molecule has 1 aromatic carbocycles. The van der Waals surface area contributed by atoms with Crippen molar-refractivity contribution in [3.63, 3.8) is 0 Å². The van der Waals surface area contributed by atoms with E-state index < -0.39 is 6.04 Å². The number of hydrogen-bond donors (Lipinski definition) is 1. The standard InChI is InChI=1S/C16H17N3O/c1-12(2)15(11-17)18-16(20)13-5-7-14(8-6-13)19-9-3-4-10-19/h3-10,12,15H,1-2H3,(H,18,20). The minimum atomic E-state index is -0.466. The van der Waals surface area contributed by atoms with Gasteiger partial charge in [-0.05, 0) is 42.3 Å². The molecule has 1 aromatic heterocycles. The molecule has 0 bridgehead atoms. The molecule has 0 aliphatic heterocycles. The summed E-state index contributed by atoms with van der Waals surface area (Å²) in [6.45, 7) is 3.81. The van der Waals surface area contributed by atoms with Gasteiger partial charge in [-0.1, -0.05) is 13.8 Å². The third kappa shape index (κ3) is 3.07. The van der Waals surface area contributed by atoms with Crippen LogP contribution < -0.4 is 5.32 Å². The van der Waals surface area contributed by atoms with Crippen molar-refractivity contribution < 1.29 is 4.79 Å². The summed E-state index contributed by atoms with van der Waals surface area (Å²) in [5, 5.41) is 11.7. The Morgan fingerprint density at radius 3 is 2.30 bits per heavy atom. The molecule has 0 aliphatic carbocycles. The molecule has 2 rings (SSSR count). The highest BCUT2D eigenvalue weighted by Crippen LogP contribution is 2.10. The summed E-state index contributed by atoms with van der Waals surface area (Å²) < 4.78 is 1.97. The van der Waals surface area contributed by atoms with Gasteiger partial charge in [-0.2, -0.15) is 5.26 Å². The zero-order valence-corrected chi connectivity index (χ0v) is 11.6. The molecule has 102 valence electrons. The van der Waals surface area contributed by atoms with E-state index in [9.17, 15) is 4.79 Å². The Kier molecular flexibility index (Phi) is 4.21. The first-order valence-corrected chi connectivity index (χ1v) is 6.55. The van der Waals surface area contributed by atoms with Gasteiger partial charge in [0.25, 0.3) is 5.91 Å². The Labute approximate surface area is 118 Å². The molecule has 0 saturated heterocycles. The number of nitriles is 1. The number of nitrogens with one attached hydrogen (secondary N) is 1. The summed E-state index contributed by atoms with van der Waals surface area (Å²) in [6, 6.07) is 12.8. The van der Waals surface area contributed by atoms with Crippen LogP contribution in [0.4, 0.5) is 0 Å². The lowest BCUT2D eigenvalue weighted by molar-refractivity contribution is 0.0937. The van der Waals surface area contributed by atoms with Crippen LogP contribution in [0, 0.1) is 17.2 Å². The monoisotopic (exact) mass is 267 g/mol. The van der Waals surface area contributed by atoms with Gasteiger partial charge in [0, 0.05) is 23.6 Å². The van der Waals surface area contributed by atoms with Crippen LogP contribution in [0.25, 0.3) is 5.69 Å². The summed E-state index contributed by atoms with van der Waals surface area (Å²) in [7, 11) is 0. The van der Waals surface area contributed by atoms with Crippen LogP contribution in [0.5, 0.6) is 0 Å². The molecular weight excluding hydrogens is 250 g/mol. The van der Waals surface area contributed by atoms with Gasteiger partial charge in [0.1, 0.15) is 6.04 Å². The number of rotatable bonds is 4. The topological polar surface area (TPSA) is 57.8 Å². The Bertz CT molecular complexity index is 606. The van der Waals surface area contributed by atoms with Gasteiger partial charge in [-0.25, -0.2) is 0 Å². The van der Waals surface area contributed by atoms with Crippen molar-refractivity contribution >= 4 is 5.91 Å². The van der Waals surface area contributed by atoms with E-state index in [1.807, 2.05) is 55.1 Å². The van der Waals surface area contributed by atoms with Crippen LogP contribution in [0.2, 0.25) is 0 Å². The van der Waals surface area contributed by atoms with Crippen molar-refractivity contribution in [1.82, 2.24) is 9.88 Å². The van der Waals surface area contributed by atoms with Gasteiger partial charge in [0.05, 0.1) is 6.07 Å². The molecule has 0 spiro atoms. The lowest BCUT2D eigenvalue weighted by Crippen LogP contribution is -2.37. The number of carbonyl (C=O) groups is 1. The Hall–Kier alpha value is -2.54. The molecule has 2 aromatic rings. The Morgan fingerprint density at radius 2 is 1.80 bits per heavy atom. The highest BCUT2D eigenvalue weighted by atomic mass is 16.1. The Morgan fingerprint density at radius 1 is 1.20 bits per heavy atom. The number of nitrogens with zero attached hydrogens (tertiary/aromatic N) is 2. The van der Waals surface area contributed by atoms with Crippen LogP contribution in [0.3, 0.4) is 0 Å². The van der Waals surface area contributed by atoms with E-state index in [1.54, 1.807) is 12.1 Å². The molecule has 1 N–H and O–H groups in total. The highest BCUT2D eigenvalue weighted by molar-refractivity contribution is 5.94. The molecule has 0 saturated carbocycles. The smallest absolute Gasteiger partial charge is 0.252 e. The fourth-order valence-electron chi connectivity index (χ4n) is 1.86. The number of carbonyl (C=O) groups excluding carboxylic acids is 1. The van der Waals surface area contributed by atoms with Crippen molar-refractivity contribution in [2.24, 2.45) is 5.92 Å². The van der Waals surface area contributed by atoms with E-state index in [-0.39, 0.29) is 11.8 Å². The maximum absolute atomic E-state index is 12.0. The van der Waals surface area contributed by atoms with Gasteiger partial charge in [-0.3, -0.25) is 4.79 Å². The summed E-state index contributed by atoms with van der Waals surface area (Å²) in [6.07, 6.45) is 3.89. The van der Waals surface area contributed by atoms with E-state index in [0.717, 1.165) is 5.69 Å². The highest BCUT2D eigenvalue weighted by Gasteiger charge is 2.16. The number of hydrogen-bond acceptors (Lipinski definition) is 2. The first kappa shape index (κ1) is 13.9. The third-order valence-corrected chi connectivity index (χ3v) is 3.12. The molecule has 1 heterocycles. The first-order chi connectivity index (χ1) is 9.61. The number of aromatic nitrogens is 1. The van der Waals surface area contributed by atoms with E-state index in [0.29, 0.717) is 5.56 Å². The van der Waals surface area contributed by atoms with Gasteiger partial charge >= 0.3 is 0 Å². The van der Waals surface area contributed by atoms with Crippen molar-refractivity contribution in [1.29, 1.82) is 5.26 Å². The van der Waals surface area contributed by atoms with Crippen LogP contribution in [0.1, 0.15) is 24.2 Å². The van der Waals surface area contributed by atoms with Gasteiger partial charge in [0.2, 0.25) is 0 Å². The van der Waals surface area contributed by atoms with E-state index >= 15 is 0 Å². The number of amides is 1. The molecule has 0 radical (unpaired) electrons. The van der Waals surface area contributed by atoms with E-state index in [4.69, 9.17) is 5.26 Å². The second-order valence-electron chi connectivity index (χ2n) is 4.96. The van der Waals surface area contributed by atoms with Crippen LogP contribution in [0.15, 0.2) is 48.8 Å². The fourth-order valence-corrected chi connectivity index (χ4v) is 1.86. The van der Waals surface area contributed by atoms with Crippen molar-refractivity contribution in [2.75, 3.05) is 0 Å². The minimum Gasteiger partial charge on any atom is -0.336 e. The van der Waals surface area contributed by atoms with Crippen LogP contribution in [-0.4, -0.2) is 16.5 Å². The molecule has 0 aliphatic rings. The lowest BCUT2D eigenvalue weighted by atomic mass is 10.1. The Balaban J connectivity index is 2.10. The van der Waals surface area contributed by atoms with Gasteiger partial charge < -0.3 is 9.88 Å². The predicted octanol–water partition coefficient (Wildman–Crippen LogP) is 2.76. The summed E-state index contributed by atoms with van der Waals surface area (Å²) in [5.74, 6) is -0.132. The molecule has 4 heteroatoms. The maximum atomic E-state index is 12.0. The average Bonchev–Trinajstić information content (AvgIpc) is 2.98. The summed E-state index contributed by atoms with van der Waals surface area (Å²) in [4.78, 5) is 12.0. The fraction of sp³-hybridized carbons (Fsp3) is 0.250. The van der Waals surface area contributed by atoms with Crippen molar-refractivity contribution in [2.45, 2.75) is 19.9 Å². The predicted molar refractivity (Wildman–Crippen MR) is 77.5 cm³/mol.